The molecular weight excluding hydrogens is 328 g/mol. The molecule has 0 atom stereocenters. The lowest BCUT2D eigenvalue weighted by molar-refractivity contribution is -0.00140. The lowest BCUT2D eigenvalue weighted by atomic mass is 10.1. The highest BCUT2D eigenvalue weighted by Crippen LogP contribution is 2.21. The second-order valence-electron chi connectivity index (χ2n) is 6.06. The number of amides is 1. The Balaban J connectivity index is 1.53. The molecule has 0 saturated carbocycles. The molecule has 25 heavy (non-hydrogen) atoms. The van der Waals surface area contributed by atoms with Crippen molar-refractivity contribution in [3.8, 4) is 5.75 Å². The van der Waals surface area contributed by atoms with Crippen LogP contribution in [0, 0.1) is 11.6 Å². The minimum atomic E-state index is -0.733. The fraction of sp³-hybridized carbons (Fsp3) is 0.316. The molecule has 0 spiro atoms. The third-order valence-electron chi connectivity index (χ3n) is 4.34. The molecule has 1 N–H and O–H groups in total. The lowest BCUT2D eigenvalue weighted by Gasteiger charge is -2.32. The molecule has 1 aliphatic rings. The first-order valence-corrected chi connectivity index (χ1v) is 8.17. The van der Waals surface area contributed by atoms with Gasteiger partial charge in [0, 0.05) is 24.7 Å². The number of nitrogens with zero attached hydrogens (tertiary/aromatic N) is 1. The van der Waals surface area contributed by atoms with Gasteiger partial charge in [-0.15, -0.1) is 0 Å². The Morgan fingerprint density at radius 1 is 1.12 bits per heavy atom. The van der Waals surface area contributed by atoms with Crippen LogP contribution in [0.2, 0.25) is 0 Å². The number of phenolic OH excluding ortho intramolecular Hbond substituents is 1. The molecule has 2 aromatic carbocycles. The molecule has 0 aliphatic carbocycles. The average molecular weight is 347 g/mol. The molecule has 2 aromatic rings. The number of benzene rings is 2. The SMILES string of the molecule is O=C(c1ccc(O)cc1F)N1CCC(OCc2ccccc2F)CC1. The average Bonchev–Trinajstić information content (AvgIpc) is 2.61. The lowest BCUT2D eigenvalue weighted by Crippen LogP contribution is -2.41. The van der Waals surface area contributed by atoms with Crippen LogP contribution in [0.25, 0.3) is 0 Å². The number of carbonyl (C=O) groups is 1. The van der Waals surface area contributed by atoms with E-state index in [-0.39, 0.29) is 29.8 Å². The van der Waals surface area contributed by atoms with Crippen molar-refractivity contribution in [3.05, 3.63) is 65.2 Å². The smallest absolute Gasteiger partial charge is 0.256 e. The second-order valence-corrected chi connectivity index (χ2v) is 6.06. The maximum absolute atomic E-state index is 13.8. The Morgan fingerprint density at radius 3 is 2.52 bits per heavy atom. The van der Waals surface area contributed by atoms with Gasteiger partial charge >= 0.3 is 0 Å². The topological polar surface area (TPSA) is 49.8 Å². The minimum Gasteiger partial charge on any atom is -0.508 e. The molecular formula is C19H19F2NO3. The van der Waals surface area contributed by atoms with E-state index in [1.807, 2.05) is 0 Å². The summed E-state index contributed by atoms with van der Waals surface area (Å²) >= 11 is 0. The largest absolute Gasteiger partial charge is 0.508 e. The highest BCUT2D eigenvalue weighted by molar-refractivity contribution is 5.94. The summed E-state index contributed by atoms with van der Waals surface area (Å²) in [4.78, 5) is 13.9. The van der Waals surface area contributed by atoms with E-state index in [9.17, 15) is 18.7 Å². The fourth-order valence-electron chi connectivity index (χ4n) is 2.90. The van der Waals surface area contributed by atoms with Gasteiger partial charge in [-0.05, 0) is 31.0 Å². The van der Waals surface area contributed by atoms with Crippen LogP contribution in [0.3, 0.4) is 0 Å². The van der Waals surface area contributed by atoms with Gasteiger partial charge in [0.25, 0.3) is 5.91 Å². The molecule has 0 bridgehead atoms. The Bertz CT molecular complexity index is 758. The van der Waals surface area contributed by atoms with Crippen molar-refractivity contribution in [2.75, 3.05) is 13.1 Å². The van der Waals surface area contributed by atoms with E-state index in [1.165, 1.54) is 18.2 Å². The van der Waals surface area contributed by atoms with Crippen molar-refractivity contribution in [1.29, 1.82) is 0 Å². The van der Waals surface area contributed by atoms with Crippen LogP contribution in [-0.2, 0) is 11.3 Å². The van der Waals surface area contributed by atoms with Gasteiger partial charge in [0.15, 0.2) is 0 Å². The minimum absolute atomic E-state index is 0.0523. The maximum atomic E-state index is 13.8. The number of piperidine rings is 1. The van der Waals surface area contributed by atoms with Gasteiger partial charge in [-0.25, -0.2) is 8.78 Å². The zero-order valence-electron chi connectivity index (χ0n) is 13.6. The maximum Gasteiger partial charge on any atom is 0.256 e. The van der Waals surface area contributed by atoms with Crippen LogP contribution in [-0.4, -0.2) is 35.1 Å². The third kappa shape index (κ3) is 4.14. The number of aromatic hydroxyl groups is 1. The monoisotopic (exact) mass is 347 g/mol. The normalized spacial score (nSPS) is 15.4. The first kappa shape index (κ1) is 17.4. The zero-order chi connectivity index (χ0) is 17.8. The Morgan fingerprint density at radius 2 is 1.84 bits per heavy atom. The van der Waals surface area contributed by atoms with Crippen LogP contribution in [0.5, 0.6) is 5.75 Å². The molecule has 1 heterocycles. The molecule has 1 amide bonds. The molecule has 1 aliphatic heterocycles. The zero-order valence-corrected chi connectivity index (χ0v) is 13.6. The van der Waals surface area contributed by atoms with Gasteiger partial charge in [-0.2, -0.15) is 0 Å². The van der Waals surface area contributed by atoms with Crippen LogP contribution in [0.15, 0.2) is 42.5 Å². The van der Waals surface area contributed by atoms with Crippen molar-refractivity contribution in [3.63, 3.8) is 0 Å². The quantitative estimate of drug-likeness (QED) is 0.921. The van der Waals surface area contributed by atoms with Crippen LogP contribution >= 0.6 is 0 Å². The summed E-state index contributed by atoms with van der Waals surface area (Å²) < 4.78 is 33.1. The van der Waals surface area contributed by atoms with E-state index in [0.29, 0.717) is 31.5 Å². The number of rotatable bonds is 4. The first-order chi connectivity index (χ1) is 12.0. The van der Waals surface area contributed by atoms with E-state index >= 15 is 0 Å². The summed E-state index contributed by atoms with van der Waals surface area (Å²) in [6.45, 7) is 1.08. The number of likely N-dealkylation sites (tertiary alicyclic amines) is 1. The standard InChI is InChI=1S/C19H19F2NO3/c20-17-4-2-1-3-13(17)12-25-15-7-9-22(10-8-15)19(24)16-6-5-14(23)11-18(16)21/h1-6,11,15,23H,7-10,12H2. The summed E-state index contributed by atoms with van der Waals surface area (Å²) in [5.41, 5.74) is 0.454. The van der Waals surface area contributed by atoms with E-state index in [2.05, 4.69) is 0 Å². The molecule has 3 rings (SSSR count). The van der Waals surface area contributed by atoms with E-state index in [0.717, 1.165) is 6.07 Å². The van der Waals surface area contributed by atoms with Gasteiger partial charge in [-0.1, -0.05) is 18.2 Å². The summed E-state index contributed by atoms with van der Waals surface area (Å²) in [6.07, 6.45) is 1.16. The highest BCUT2D eigenvalue weighted by atomic mass is 19.1. The van der Waals surface area contributed by atoms with Crippen molar-refractivity contribution in [2.45, 2.75) is 25.6 Å². The molecule has 132 valence electrons. The van der Waals surface area contributed by atoms with E-state index < -0.39 is 11.7 Å². The predicted octanol–water partition coefficient (Wildman–Crippen LogP) is 3.49. The molecule has 0 radical (unpaired) electrons. The Hall–Kier alpha value is -2.47. The second kappa shape index (κ2) is 7.61. The third-order valence-corrected chi connectivity index (χ3v) is 4.34. The van der Waals surface area contributed by atoms with Crippen LogP contribution in [0.4, 0.5) is 8.78 Å². The highest BCUT2D eigenvalue weighted by Gasteiger charge is 2.26. The van der Waals surface area contributed by atoms with Crippen molar-refractivity contribution < 1.29 is 23.4 Å². The number of hydrogen-bond acceptors (Lipinski definition) is 3. The van der Waals surface area contributed by atoms with Crippen molar-refractivity contribution in [2.24, 2.45) is 0 Å². The summed E-state index contributed by atoms with van der Waals surface area (Å²) in [5.74, 6) is -1.64. The Kier molecular flexibility index (Phi) is 5.28. The van der Waals surface area contributed by atoms with Gasteiger partial charge < -0.3 is 14.7 Å². The van der Waals surface area contributed by atoms with Gasteiger partial charge in [0.1, 0.15) is 17.4 Å². The molecule has 6 heteroatoms. The number of hydrogen-bond donors (Lipinski definition) is 1. The molecule has 0 aromatic heterocycles. The predicted molar refractivity (Wildman–Crippen MR) is 88.2 cm³/mol. The van der Waals surface area contributed by atoms with Crippen LogP contribution in [0.1, 0.15) is 28.8 Å². The molecule has 4 nitrogen and oxygen atoms in total. The summed E-state index contributed by atoms with van der Waals surface area (Å²) in [6, 6.07) is 9.97. The summed E-state index contributed by atoms with van der Waals surface area (Å²) in [7, 11) is 0. The molecule has 0 unspecified atom stereocenters. The van der Waals surface area contributed by atoms with E-state index in [4.69, 9.17) is 4.74 Å². The number of carbonyl (C=O) groups excluding carboxylic acids is 1. The molecule has 1 fully saturated rings. The summed E-state index contributed by atoms with van der Waals surface area (Å²) in [5, 5.41) is 9.23. The van der Waals surface area contributed by atoms with Crippen LogP contribution < -0.4 is 0 Å². The fourth-order valence-corrected chi connectivity index (χ4v) is 2.90. The van der Waals surface area contributed by atoms with Gasteiger partial charge in [0.2, 0.25) is 0 Å². The van der Waals surface area contributed by atoms with Crippen molar-refractivity contribution >= 4 is 5.91 Å². The number of ether oxygens (including phenoxy) is 1. The molecule has 1 saturated heterocycles. The van der Waals surface area contributed by atoms with Gasteiger partial charge in [-0.3, -0.25) is 4.79 Å². The van der Waals surface area contributed by atoms with Crippen molar-refractivity contribution in [1.82, 2.24) is 4.90 Å². The van der Waals surface area contributed by atoms with E-state index in [1.54, 1.807) is 23.1 Å². The number of phenols is 1. The van der Waals surface area contributed by atoms with Gasteiger partial charge in [0.05, 0.1) is 18.3 Å². The first-order valence-electron chi connectivity index (χ1n) is 8.17. The number of halogens is 2. The Labute approximate surface area is 144 Å².